The number of benzene rings is 2. The summed E-state index contributed by atoms with van der Waals surface area (Å²) in [6, 6.07) is 14.4. The van der Waals surface area contributed by atoms with Gasteiger partial charge in [0.05, 0.1) is 62.4 Å². The van der Waals surface area contributed by atoms with Gasteiger partial charge in [0.25, 0.3) is 0 Å². The third-order valence-corrected chi connectivity index (χ3v) is 22.3. The highest BCUT2D eigenvalue weighted by molar-refractivity contribution is 7.89. The molecule has 0 saturated carbocycles. The monoisotopic (exact) mass is 1260 g/mol. The fourth-order valence-electron chi connectivity index (χ4n) is 12.5. The van der Waals surface area contributed by atoms with Crippen LogP contribution < -0.4 is 9.80 Å². The SMILES string of the molecule is C[C@H](c1ccc(Cl)cc1Cl)n1nc(C#N)c2ncc(N3CC([C@@H]4CCCN(CCS(=O)(=O)N5CCOCC5)C4)C3)nc21.C[C@H](c1ccc(Cl)cc1Cl)n1nc(C#N)c2ncc(N3CC([C@H]4CCCN(CCS(=O)(=O)N5CCOCC5)C4)C3)nc21. The van der Waals surface area contributed by atoms with E-state index < -0.39 is 20.0 Å². The summed E-state index contributed by atoms with van der Waals surface area (Å²) < 4.78 is 68.3. The lowest BCUT2D eigenvalue weighted by Gasteiger charge is -2.47. The first kappa shape index (κ1) is 60.6. The van der Waals surface area contributed by atoms with Crippen molar-refractivity contribution in [3.05, 3.63) is 91.4 Å². The molecule has 0 radical (unpaired) electrons. The fraction of sp³-hybridized carbons (Fsp3) is 0.571. The van der Waals surface area contributed by atoms with Gasteiger partial charge < -0.3 is 29.1 Å². The van der Waals surface area contributed by atoms with E-state index in [1.807, 2.05) is 26.0 Å². The van der Waals surface area contributed by atoms with Crippen LogP contribution in [0.2, 0.25) is 20.1 Å². The number of hydrogen-bond donors (Lipinski definition) is 0. The number of halogens is 4. The lowest BCUT2D eigenvalue weighted by Crippen LogP contribution is -2.54. The van der Waals surface area contributed by atoms with Gasteiger partial charge in [0, 0.05) is 98.6 Å². The van der Waals surface area contributed by atoms with Gasteiger partial charge in [-0.05, 0) is 112 Å². The first-order valence-corrected chi connectivity index (χ1v) is 33.5. The largest absolute Gasteiger partial charge is 0.379 e. The van der Waals surface area contributed by atoms with E-state index in [1.54, 1.807) is 54.6 Å². The highest BCUT2D eigenvalue weighted by Gasteiger charge is 2.39. The highest BCUT2D eigenvalue weighted by atomic mass is 35.5. The minimum Gasteiger partial charge on any atom is -0.379 e. The molecular weight excluding hydrogens is 1200 g/mol. The molecule has 12 rings (SSSR count). The van der Waals surface area contributed by atoms with E-state index in [-0.39, 0.29) is 35.0 Å². The van der Waals surface area contributed by atoms with Crippen LogP contribution in [0.15, 0.2) is 48.8 Å². The molecule has 0 N–H and O–H groups in total. The Kier molecular flexibility index (Phi) is 18.8. The molecule has 6 aliphatic rings. The van der Waals surface area contributed by atoms with E-state index in [9.17, 15) is 27.4 Å². The summed E-state index contributed by atoms with van der Waals surface area (Å²) in [7, 11) is -6.52. The Morgan fingerprint density at radius 1 is 0.571 bits per heavy atom. The molecule has 0 spiro atoms. The Morgan fingerprint density at radius 2 is 0.964 bits per heavy atom. The zero-order valence-corrected chi connectivity index (χ0v) is 51.6. The van der Waals surface area contributed by atoms with Gasteiger partial charge in [-0.15, -0.1) is 0 Å². The van der Waals surface area contributed by atoms with Crippen molar-refractivity contribution in [3.8, 4) is 12.1 Å². The standard InChI is InChI=1S/2C28H34Cl2N8O3S/c2*1-19(23-5-4-22(29)13-24(23)30)38-28-27(25(14-31)34-38)32-15-26(33-28)36-17-21(18-36)20-3-2-6-35(16-20)9-12-42(39,40)37-7-10-41-11-8-37/h2*4-5,13,15,19-21H,2-3,6-12,16-18H2,1H3/t19-,20+;19-,20-/m11/s1. The van der Waals surface area contributed by atoms with Crippen molar-refractivity contribution < 1.29 is 26.3 Å². The number of ether oxygens (including phenoxy) is 2. The number of anilines is 2. The van der Waals surface area contributed by atoms with E-state index in [1.165, 1.54) is 0 Å². The van der Waals surface area contributed by atoms with Crippen molar-refractivity contribution in [2.45, 2.75) is 51.6 Å². The molecule has 6 fully saturated rings. The molecule has 448 valence electrons. The maximum absolute atomic E-state index is 12.8. The maximum Gasteiger partial charge on any atom is 0.215 e. The van der Waals surface area contributed by atoms with Crippen LogP contribution >= 0.6 is 46.4 Å². The molecule has 6 aromatic rings. The normalized spacial score (nSPS) is 21.8. The van der Waals surface area contributed by atoms with Crippen molar-refractivity contribution in [1.82, 2.24) is 57.9 Å². The van der Waals surface area contributed by atoms with Gasteiger partial charge in [-0.2, -0.15) is 29.3 Å². The van der Waals surface area contributed by atoms with Crippen molar-refractivity contribution in [2.75, 3.05) is 139 Å². The zero-order chi connectivity index (χ0) is 58.9. The Bertz CT molecular complexity index is 3430. The van der Waals surface area contributed by atoms with Crippen LogP contribution in [0.5, 0.6) is 0 Å². The summed E-state index contributed by atoms with van der Waals surface area (Å²) in [5.74, 6) is 3.86. The van der Waals surface area contributed by atoms with Gasteiger partial charge in [-0.25, -0.2) is 46.1 Å². The van der Waals surface area contributed by atoms with Gasteiger partial charge in [0.15, 0.2) is 22.7 Å². The summed E-state index contributed by atoms with van der Waals surface area (Å²) in [6.07, 6.45) is 7.88. The second kappa shape index (κ2) is 26.1. The molecular formula is C56H68Cl4N16O6S2. The van der Waals surface area contributed by atoms with Gasteiger partial charge in [0.2, 0.25) is 20.0 Å². The van der Waals surface area contributed by atoms with Gasteiger partial charge >= 0.3 is 0 Å². The molecule has 0 amide bonds. The molecule has 6 aliphatic heterocycles. The van der Waals surface area contributed by atoms with E-state index >= 15 is 0 Å². The summed E-state index contributed by atoms with van der Waals surface area (Å²) in [6.45, 7) is 15.9. The predicted octanol–water partition coefficient (Wildman–Crippen LogP) is 6.85. The molecule has 0 unspecified atom stereocenters. The average Bonchev–Trinajstić information content (AvgIpc) is 2.65. The number of aromatic nitrogens is 8. The maximum atomic E-state index is 12.8. The summed E-state index contributed by atoms with van der Waals surface area (Å²) >= 11 is 25.2. The van der Waals surface area contributed by atoms with Crippen molar-refractivity contribution in [3.63, 3.8) is 0 Å². The molecule has 22 nitrogen and oxygen atoms in total. The quantitative estimate of drug-likeness (QED) is 0.0962. The highest BCUT2D eigenvalue weighted by Crippen LogP contribution is 2.38. The molecule has 0 bridgehead atoms. The van der Waals surface area contributed by atoms with Gasteiger partial charge in [-0.1, -0.05) is 58.5 Å². The summed E-state index contributed by atoms with van der Waals surface area (Å²) in [5.41, 5.74) is 4.10. The number of fused-ring (bicyclic) bond motifs is 2. The Labute approximate surface area is 510 Å². The zero-order valence-electron chi connectivity index (χ0n) is 47.0. The first-order chi connectivity index (χ1) is 40.5. The average molecular weight is 1270 g/mol. The van der Waals surface area contributed by atoms with E-state index in [0.717, 1.165) is 101 Å². The molecule has 4 atom stereocenters. The fourth-order valence-corrected chi connectivity index (χ4v) is 16.5. The number of rotatable bonds is 16. The van der Waals surface area contributed by atoms with E-state index in [2.05, 4.69) is 51.9 Å². The minimum atomic E-state index is -3.26. The van der Waals surface area contributed by atoms with Crippen LogP contribution in [0.1, 0.15) is 74.1 Å². The molecule has 6 saturated heterocycles. The number of nitriles is 2. The summed E-state index contributed by atoms with van der Waals surface area (Å²) in [5, 5.41) is 30.5. The van der Waals surface area contributed by atoms with E-state index in [4.69, 9.17) is 65.8 Å². The molecule has 2 aromatic carbocycles. The second-order valence-corrected chi connectivity index (χ2v) is 28.5. The van der Waals surface area contributed by atoms with Crippen LogP contribution in [0, 0.1) is 46.3 Å². The number of nitrogens with zero attached hydrogens (tertiary/aromatic N) is 16. The van der Waals surface area contributed by atoms with Crippen molar-refractivity contribution in [2.24, 2.45) is 23.7 Å². The molecule has 4 aromatic heterocycles. The number of likely N-dealkylation sites (tertiary alicyclic amines) is 2. The van der Waals surface area contributed by atoms with Crippen molar-refractivity contribution >= 4 is 100 Å². The number of sulfonamides is 2. The predicted molar refractivity (Wildman–Crippen MR) is 323 cm³/mol. The lowest BCUT2D eigenvalue weighted by atomic mass is 9.80. The Morgan fingerprint density at radius 3 is 1.33 bits per heavy atom. The number of hydrogen-bond acceptors (Lipinski definition) is 18. The third-order valence-electron chi connectivity index (χ3n) is 17.5. The lowest BCUT2D eigenvalue weighted by molar-refractivity contribution is 0.0726. The Hall–Kier alpha value is -5.06. The van der Waals surface area contributed by atoms with E-state index in [0.29, 0.717) is 132 Å². The number of piperidine rings is 2. The molecule has 84 heavy (non-hydrogen) atoms. The van der Waals surface area contributed by atoms with Gasteiger partial charge in [-0.3, -0.25) is 0 Å². The van der Waals surface area contributed by atoms with Crippen LogP contribution in [-0.2, 0) is 29.5 Å². The Balaban J connectivity index is 0.000000175. The van der Waals surface area contributed by atoms with Crippen LogP contribution in [0.4, 0.5) is 11.6 Å². The van der Waals surface area contributed by atoms with Crippen molar-refractivity contribution in [1.29, 1.82) is 10.5 Å². The minimum absolute atomic E-state index is 0.157. The first-order valence-electron chi connectivity index (χ1n) is 28.7. The molecule has 10 heterocycles. The van der Waals surface area contributed by atoms with Crippen LogP contribution in [-0.4, -0.2) is 204 Å². The number of morpholine rings is 2. The second-order valence-electron chi connectivity index (χ2n) is 22.7. The third kappa shape index (κ3) is 13.3. The van der Waals surface area contributed by atoms with Gasteiger partial charge in [0.1, 0.15) is 34.8 Å². The van der Waals surface area contributed by atoms with Crippen LogP contribution in [0.3, 0.4) is 0 Å². The summed E-state index contributed by atoms with van der Waals surface area (Å²) in [4.78, 5) is 28.0. The smallest absolute Gasteiger partial charge is 0.215 e. The van der Waals surface area contributed by atoms with Crippen LogP contribution in [0.25, 0.3) is 22.3 Å². The topological polar surface area (TPSA) is 241 Å². The molecule has 0 aliphatic carbocycles. The molecule has 28 heteroatoms.